The van der Waals surface area contributed by atoms with Crippen LogP contribution in [0.3, 0.4) is 0 Å². The lowest BCUT2D eigenvalue weighted by molar-refractivity contribution is -0.268. The zero-order valence-electron chi connectivity index (χ0n) is 7.51. The molecule has 2 rings (SSSR count). The van der Waals surface area contributed by atoms with Crippen LogP contribution in [0.2, 0.25) is 0 Å². The molecule has 0 amide bonds. The Bertz CT molecular complexity index is 338. The maximum atomic E-state index is 12.4. The number of hydrogen-bond acceptors (Lipinski definition) is 4. The fourth-order valence-electron chi connectivity index (χ4n) is 1.45. The number of furan rings is 1. The number of aliphatic hydroxyl groups is 1. The third-order valence-electron chi connectivity index (χ3n) is 2.31. The van der Waals surface area contributed by atoms with Gasteiger partial charge in [-0.25, -0.2) is 10.9 Å². The van der Waals surface area contributed by atoms with Crippen molar-refractivity contribution in [1.29, 1.82) is 0 Å². The molecule has 2 heterocycles. The molecule has 0 spiro atoms. The molecule has 84 valence electrons. The van der Waals surface area contributed by atoms with Gasteiger partial charge in [-0.15, -0.1) is 0 Å². The van der Waals surface area contributed by atoms with Crippen LogP contribution in [0.15, 0.2) is 22.8 Å². The summed E-state index contributed by atoms with van der Waals surface area (Å²) in [6, 6.07) is 2.43. The van der Waals surface area contributed by atoms with Crippen LogP contribution in [0, 0.1) is 0 Å². The van der Waals surface area contributed by atoms with Crippen LogP contribution < -0.4 is 10.9 Å². The number of hydrogen-bond donors (Lipinski definition) is 3. The third kappa shape index (κ3) is 1.73. The molecule has 2 atom stereocenters. The Balaban J connectivity index is 2.13. The van der Waals surface area contributed by atoms with E-state index in [0.717, 1.165) is 0 Å². The van der Waals surface area contributed by atoms with Crippen LogP contribution in [-0.4, -0.2) is 17.0 Å². The molecule has 0 saturated carbocycles. The number of nitrogens with one attached hydrogen (secondary N) is 2. The van der Waals surface area contributed by atoms with Gasteiger partial charge in [-0.05, 0) is 12.1 Å². The minimum absolute atomic E-state index is 0.350. The van der Waals surface area contributed by atoms with Crippen LogP contribution in [0.1, 0.15) is 18.2 Å². The summed E-state index contributed by atoms with van der Waals surface area (Å²) in [4.78, 5) is 0. The van der Waals surface area contributed by atoms with Crippen molar-refractivity contribution in [1.82, 2.24) is 10.9 Å². The van der Waals surface area contributed by atoms with E-state index in [9.17, 15) is 18.3 Å². The standard InChI is InChI=1S/C8H9F3N2O2/c9-8(10,11)7(14)4-5(12-13-7)6-2-1-3-15-6/h1-3,5,12-14H,4H2. The van der Waals surface area contributed by atoms with Crippen molar-refractivity contribution in [3.63, 3.8) is 0 Å². The smallest absolute Gasteiger partial charge is 0.432 e. The first kappa shape index (κ1) is 10.5. The van der Waals surface area contributed by atoms with Crippen molar-refractivity contribution in [2.75, 3.05) is 0 Å². The monoisotopic (exact) mass is 222 g/mol. The minimum atomic E-state index is -4.72. The highest BCUT2D eigenvalue weighted by atomic mass is 19.4. The van der Waals surface area contributed by atoms with Gasteiger partial charge in [-0.1, -0.05) is 0 Å². The second-order valence-corrected chi connectivity index (χ2v) is 3.40. The van der Waals surface area contributed by atoms with E-state index in [-0.39, 0.29) is 0 Å². The van der Waals surface area contributed by atoms with Crippen LogP contribution in [0.5, 0.6) is 0 Å². The van der Waals surface area contributed by atoms with Gasteiger partial charge in [0.2, 0.25) is 5.72 Å². The predicted octanol–water partition coefficient (Wildman–Crippen LogP) is 1.07. The lowest BCUT2D eigenvalue weighted by Gasteiger charge is -2.24. The van der Waals surface area contributed by atoms with Gasteiger partial charge in [0.1, 0.15) is 5.76 Å². The van der Waals surface area contributed by atoms with E-state index in [1.807, 2.05) is 5.43 Å². The molecule has 1 saturated heterocycles. The maximum Gasteiger partial charge on any atom is 0.432 e. The minimum Gasteiger partial charge on any atom is -0.468 e. The lowest BCUT2D eigenvalue weighted by atomic mass is 10.0. The Labute approximate surface area is 83.0 Å². The van der Waals surface area contributed by atoms with Gasteiger partial charge >= 0.3 is 6.18 Å². The van der Waals surface area contributed by atoms with Gasteiger partial charge in [-0.2, -0.15) is 13.2 Å². The van der Waals surface area contributed by atoms with Crippen molar-refractivity contribution in [3.8, 4) is 0 Å². The third-order valence-corrected chi connectivity index (χ3v) is 2.31. The lowest BCUT2D eigenvalue weighted by Crippen LogP contribution is -2.55. The first-order valence-electron chi connectivity index (χ1n) is 4.27. The predicted molar refractivity (Wildman–Crippen MR) is 43.3 cm³/mol. The molecule has 0 radical (unpaired) electrons. The van der Waals surface area contributed by atoms with E-state index in [4.69, 9.17) is 4.42 Å². The topological polar surface area (TPSA) is 57.4 Å². The Morgan fingerprint density at radius 1 is 1.53 bits per heavy atom. The Morgan fingerprint density at radius 2 is 2.27 bits per heavy atom. The summed E-state index contributed by atoms with van der Waals surface area (Å²) < 4.78 is 42.1. The Morgan fingerprint density at radius 3 is 2.73 bits per heavy atom. The fourth-order valence-corrected chi connectivity index (χ4v) is 1.45. The fraction of sp³-hybridized carbons (Fsp3) is 0.500. The van der Waals surface area contributed by atoms with Crippen molar-refractivity contribution in [3.05, 3.63) is 24.2 Å². The van der Waals surface area contributed by atoms with Crippen molar-refractivity contribution < 1.29 is 22.7 Å². The second-order valence-electron chi connectivity index (χ2n) is 3.40. The molecule has 15 heavy (non-hydrogen) atoms. The number of hydrazine groups is 1. The normalized spacial score (nSPS) is 32.1. The van der Waals surface area contributed by atoms with Gasteiger partial charge < -0.3 is 9.52 Å². The molecule has 1 fully saturated rings. The van der Waals surface area contributed by atoms with Crippen LogP contribution in [0.25, 0.3) is 0 Å². The highest BCUT2D eigenvalue weighted by Gasteiger charge is 2.58. The van der Waals surface area contributed by atoms with Gasteiger partial charge in [0.05, 0.1) is 12.3 Å². The van der Waals surface area contributed by atoms with Gasteiger partial charge in [0.15, 0.2) is 0 Å². The maximum absolute atomic E-state index is 12.4. The summed E-state index contributed by atoms with van der Waals surface area (Å²) in [5.41, 5.74) is 1.28. The highest BCUT2D eigenvalue weighted by molar-refractivity contribution is 5.08. The van der Waals surface area contributed by atoms with Crippen LogP contribution in [-0.2, 0) is 0 Å². The molecule has 1 aliphatic heterocycles. The quantitative estimate of drug-likeness (QED) is 0.665. The molecular formula is C8H9F3N2O2. The zero-order chi connectivity index (χ0) is 11.1. The molecule has 3 N–H and O–H groups in total. The summed E-state index contributed by atoms with van der Waals surface area (Å²) in [5.74, 6) is 0.350. The number of alkyl halides is 3. The first-order chi connectivity index (χ1) is 6.92. The van der Waals surface area contributed by atoms with E-state index in [1.165, 1.54) is 6.26 Å². The number of rotatable bonds is 1. The Kier molecular flexibility index (Phi) is 2.25. The van der Waals surface area contributed by atoms with E-state index in [1.54, 1.807) is 12.1 Å². The molecule has 1 aromatic heterocycles. The van der Waals surface area contributed by atoms with E-state index in [0.29, 0.717) is 5.76 Å². The molecule has 0 aromatic carbocycles. The summed E-state index contributed by atoms with van der Waals surface area (Å²) in [5, 5.41) is 9.26. The molecule has 0 bridgehead atoms. The molecule has 2 unspecified atom stereocenters. The van der Waals surface area contributed by atoms with Crippen molar-refractivity contribution >= 4 is 0 Å². The molecule has 4 nitrogen and oxygen atoms in total. The summed E-state index contributed by atoms with van der Waals surface area (Å²) >= 11 is 0. The van der Waals surface area contributed by atoms with Gasteiger partial charge in [-0.3, -0.25) is 0 Å². The second kappa shape index (κ2) is 3.22. The molecule has 0 aliphatic carbocycles. The summed E-state index contributed by atoms with van der Waals surface area (Å²) in [7, 11) is 0. The van der Waals surface area contributed by atoms with E-state index >= 15 is 0 Å². The first-order valence-corrected chi connectivity index (χ1v) is 4.27. The van der Waals surface area contributed by atoms with Crippen LogP contribution in [0.4, 0.5) is 13.2 Å². The van der Waals surface area contributed by atoms with E-state index < -0.39 is 24.4 Å². The molecule has 1 aliphatic rings. The average molecular weight is 222 g/mol. The van der Waals surface area contributed by atoms with Crippen LogP contribution >= 0.6 is 0 Å². The summed E-state index contributed by atoms with van der Waals surface area (Å²) in [6.07, 6.45) is -3.88. The average Bonchev–Trinajstić information content (AvgIpc) is 2.70. The van der Waals surface area contributed by atoms with Crippen molar-refractivity contribution in [2.45, 2.75) is 24.4 Å². The SMILES string of the molecule is OC1(C(F)(F)F)CC(c2ccco2)NN1. The Hall–Kier alpha value is -1.05. The molecule has 1 aromatic rings. The zero-order valence-corrected chi connectivity index (χ0v) is 7.51. The van der Waals surface area contributed by atoms with Crippen molar-refractivity contribution in [2.24, 2.45) is 0 Å². The largest absolute Gasteiger partial charge is 0.468 e. The molecular weight excluding hydrogens is 213 g/mol. The van der Waals surface area contributed by atoms with E-state index in [2.05, 4.69) is 5.43 Å². The van der Waals surface area contributed by atoms with Gasteiger partial charge in [0, 0.05) is 6.42 Å². The van der Waals surface area contributed by atoms with Gasteiger partial charge in [0.25, 0.3) is 0 Å². The summed E-state index contributed by atoms with van der Waals surface area (Å²) in [6.45, 7) is 0. The highest BCUT2D eigenvalue weighted by Crippen LogP contribution is 2.38. The molecule has 7 heteroatoms. The number of halogens is 3.